The standard InChI is InChI=1S/C30H30FN5O3/c1-19-32-18-25(20-8-10-27(38-2)28(16-20)39-3)29(34-19)36-13-11-24(12-14-36)35-30(37)22-7-9-26(33-17-22)21-5-4-6-23(31)15-21/h4-10,15-18,24H,11-14H2,1-3H3,(H,35,37). The van der Waals surface area contributed by atoms with Gasteiger partial charge in [-0.25, -0.2) is 14.4 Å². The highest BCUT2D eigenvalue weighted by Gasteiger charge is 2.25. The Morgan fingerprint density at radius 3 is 2.44 bits per heavy atom. The highest BCUT2D eigenvalue weighted by Crippen LogP contribution is 2.36. The Morgan fingerprint density at radius 2 is 1.74 bits per heavy atom. The predicted molar refractivity (Wildman–Crippen MR) is 148 cm³/mol. The summed E-state index contributed by atoms with van der Waals surface area (Å²) in [6.45, 7) is 3.35. The number of halogens is 1. The summed E-state index contributed by atoms with van der Waals surface area (Å²) in [4.78, 5) is 28.7. The van der Waals surface area contributed by atoms with Crippen LogP contribution < -0.4 is 19.7 Å². The van der Waals surface area contributed by atoms with E-state index in [-0.39, 0.29) is 17.8 Å². The molecule has 1 aliphatic rings. The number of methoxy groups -OCH3 is 2. The summed E-state index contributed by atoms with van der Waals surface area (Å²) in [6, 6.07) is 15.5. The molecule has 0 atom stereocenters. The number of aryl methyl sites for hydroxylation is 1. The van der Waals surface area contributed by atoms with Gasteiger partial charge in [0.2, 0.25) is 0 Å². The van der Waals surface area contributed by atoms with Crippen molar-refractivity contribution in [3.8, 4) is 33.9 Å². The first-order valence-electron chi connectivity index (χ1n) is 12.8. The topological polar surface area (TPSA) is 89.5 Å². The van der Waals surface area contributed by atoms with E-state index in [0.717, 1.165) is 42.9 Å². The van der Waals surface area contributed by atoms with Gasteiger partial charge in [-0.15, -0.1) is 0 Å². The van der Waals surface area contributed by atoms with E-state index in [9.17, 15) is 9.18 Å². The third-order valence-corrected chi connectivity index (χ3v) is 6.86. The van der Waals surface area contributed by atoms with Gasteiger partial charge in [0.1, 0.15) is 17.5 Å². The Bertz CT molecular complexity index is 1470. The molecule has 1 aliphatic heterocycles. The number of ether oxygens (including phenoxy) is 2. The third kappa shape index (κ3) is 5.82. The maximum absolute atomic E-state index is 13.5. The number of nitrogens with zero attached hydrogens (tertiary/aromatic N) is 4. The highest BCUT2D eigenvalue weighted by atomic mass is 19.1. The Balaban J connectivity index is 1.25. The van der Waals surface area contributed by atoms with Crippen molar-refractivity contribution in [2.75, 3.05) is 32.2 Å². The zero-order valence-electron chi connectivity index (χ0n) is 22.1. The van der Waals surface area contributed by atoms with Crippen LogP contribution >= 0.6 is 0 Å². The van der Waals surface area contributed by atoms with Gasteiger partial charge in [0.25, 0.3) is 5.91 Å². The maximum atomic E-state index is 13.5. The van der Waals surface area contributed by atoms with Crippen LogP contribution in [0.1, 0.15) is 29.0 Å². The van der Waals surface area contributed by atoms with Gasteiger partial charge in [0.15, 0.2) is 11.5 Å². The molecule has 4 aromatic rings. The molecule has 0 spiro atoms. The summed E-state index contributed by atoms with van der Waals surface area (Å²) >= 11 is 0. The lowest BCUT2D eigenvalue weighted by Gasteiger charge is -2.34. The Kier molecular flexibility index (Phi) is 7.67. The van der Waals surface area contributed by atoms with Crippen LogP contribution in [0.25, 0.3) is 22.4 Å². The molecule has 1 amide bonds. The molecule has 2 aromatic carbocycles. The molecule has 3 heterocycles. The fourth-order valence-corrected chi connectivity index (χ4v) is 4.76. The fourth-order valence-electron chi connectivity index (χ4n) is 4.76. The van der Waals surface area contributed by atoms with E-state index in [2.05, 4.69) is 20.2 Å². The molecule has 200 valence electrons. The van der Waals surface area contributed by atoms with E-state index >= 15 is 0 Å². The normalized spacial score (nSPS) is 13.7. The second kappa shape index (κ2) is 11.5. The molecule has 9 heteroatoms. The molecule has 0 unspecified atom stereocenters. The lowest BCUT2D eigenvalue weighted by Crippen LogP contribution is -2.45. The quantitative estimate of drug-likeness (QED) is 0.359. The van der Waals surface area contributed by atoms with Gasteiger partial charge in [0, 0.05) is 42.7 Å². The average molecular weight is 528 g/mol. The van der Waals surface area contributed by atoms with Gasteiger partial charge in [-0.05, 0) is 61.7 Å². The van der Waals surface area contributed by atoms with Crippen molar-refractivity contribution in [2.45, 2.75) is 25.8 Å². The molecule has 8 nitrogen and oxygen atoms in total. The lowest BCUT2D eigenvalue weighted by molar-refractivity contribution is 0.0930. The molecular formula is C30H30FN5O3. The second-order valence-corrected chi connectivity index (χ2v) is 9.40. The van der Waals surface area contributed by atoms with Crippen LogP contribution in [0.15, 0.2) is 67.0 Å². The second-order valence-electron chi connectivity index (χ2n) is 9.40. The fraction of sp³-hybridized carbons (Fsp3) is 0.267. The molecule has 0 radical (unpaired) electrons. The molecule has 0 bridgehead atoms. The number of carbonyl (C=O) groups excluding carboxylic acids is 1. The van der Waals surface area contributed by atoms with Crippen LogP contribution in [-0.2, 0) is 0 Å². The number of aromatic nitrogens is 3. The Hall–Kier alpha value is -4.53. The highest BCUT2D eigenvalue weighted by molar-refractivity contribution is 5.94. The number of pyridine rings is 1. The van der Waals surface area contributed by atoms with E-state index in [1.165, 1.54) is 18.3 Å². The minimum atomic E-state index is -0.324. The van der Waals surface area contributed by atoms with Crippen molar-refractivity contribution in [3.63, 3.8) is 0 Å². The number of piperidine rings is 1. The largest absolute Gasteiger partial charge is 0.493 e. The van der Waals surface area contributed by atoms with Gasteiger partial charge in [0.05, 0.1) is 25.5 Å². The van der Waals surface area contributed by atoms with Gasteiger partial charge >= 0.3 is 0 Å². The Morgan fingerprint density at radius 1 is 0.949 bits per heavy atom. The summed E-state index contributed by atoms with van der Waals surface area (Å²) in [6.07, 6.45) is 4.92. The van der Waals surface area contributed by atoms with Crippen LogP contribution in [0.4, 0.5) is 10.2 Å². The molecule has 2 aromatic heterocycles. The molecule has 39 heavy (non-hydrogen) atoms. The summed E-state index contributed by atoms with van der Waals surface area (Å²) in [5.74, 6) is 2.36. The zero-order valence-corrected chi connectivity index (χ0v) is 22.1. The SMILES string of the molecule is COc1ccc(-c2cnc(C)nc2N2CCC(NC(=O)c3ccc(-c4cccc(F)c4)nc3)CC2)cc1OC. The number of hydrogen-bond donors (Lipinski definition) is 1. The van der Waals surface area contributed by atoms with Crippen molar-refractivity contribution >= 4 is 11.7 Å². The first kappa shape index (κ1) is 26.1. The molecule has 1 saturated heterocycles. The van der Waals surface area contributed by atoms with Crippen LogP contribution in [0.5, 0.6) is 11.5 Å². The monoisotopic (exact) mass is 527 g/mol. The summed E-state index contributed by atoms with van der Waals surface area (Å²) in [7, 11) is 3.22. The summed E-state index contributed by atoms with van der Waals surface area (Å²) < 4.78 is 24.4. The van der Waals surface area contributed by atoms with Crippen molar-refractivity contribution < 1.29 is 18.7 Å². The van der Waals surface area contributed by atoms with Gasteiger partial charge < -0.3 is 19.7 Å². The first-order chi connectivity index (χ1) is 18.9. The predicted octanol–water partition coefficient (Wildman–Crippen LogP) is 5.07. The van der Waals surface area contributed by atoms with Gasteiger partial charge in [-0.3, -0.25) is 9.78 Å². The molecule has 1 N–H and O–H groups in total. The smallest absolute Gasteiger partial charge is 0.253 e. The van der Waals surface area contributed by atoms with Gasteiger partial charge in [-0.1, -0.05) is 18.2 Å². The minimum absolute atomic E-state index is 0.0316. The van der Waals surface area contributed by atoms with E-state index in [4.69, 9.17) is 14.5 Å². The average Bonchev–Trinajstić information content (AvgIpc) is 2.97. The van der Waals surface area contributed by atoms with Crippen molar-refractivity contribution in [1.29, 1.82) is 0 Å². The lowest BCUT2D eigenvalue weighted by atomic mass is 10.0. The van der Waals surface area contributed by atoms with Crippen molar-refractivity contribution in [2.24, 2.45) is 0 Å². The molecule has 5 rings (SSSR count). The van der Waals surface area contributed by atoms with Crippen LogP contribution in [-0.4, -0.2) is 54.2 Å². The Labute approximate surface area is 226 Å². The number of benzene rings is 2. The molecule has 1 fully saturated rings. The number of rotatable bonds is 7. The number of anilines is 1. The van der Waals surface area contributed by atoms with Crippen LogP contribution in [0.2, 0.25) is 0 Å². The molecule has 0 aliphatic carbocycles. The molecular weight excluding hydrogens is 497 g/mol. The number of nitrogens with one attached hydrogen (secondary N) is 1. The number of carbonyl (C=O) groups is 1. The van der Waals surface area contributed by atoms with Crippen LogP contribution in [0.3, 0.4) is 0 Å². The number of hydrogen-bond acceptors (Lipinski definition) is 7. The van der Waals surface area contributed by atoms with Crippen LogP contribution in [0, 0.1) is 12.7 Å². The summed E-state index contributed by atoms with van der Waals surface area (Å²) in [5.41, 5.74) is 3.60. The van der Waals surface area contributed by atoms with Gasteiger partial charge in [-0.2, -0.15) is 0 Å². The van der Waals surface area contributed by atoms with E-state index in [1.807, 2.05) is 31.3 Å². The van der Waals surface area contributed by atoms with E-state index < -0.39 is 0 Å². The summed E-state index contributed by atoms with van der Waals surface area (Å²) in [5, 5.41) is 3.13. The van der Waals surface area contributed by atoms with E-state index in [1.54, 1.807) is 38.5 Å². The van der Waals surface area contributed by atoms with E-state index in [0.29, 0.717) is 34.1 Å². The maximum Gasteiger partial charge on any atom is 0.253 e. The van der Waals surface area contributed by atoms with Crippen molar-refractivity contribution in [1.82, 2.24) is 20.3 Å². The third-order valence-electron chi connectivity index (χ3n) is 6.86. The molecule has 0 saturated carbocycles. The van der Waals surface area contributed by atoms with Crippen molar-refractivity contribution in [3.05, 3.63) is 84.2 Å². The minimum Gasteiger partial charge on any atom is -0.493 e. The zero-order chi connectivity index (χ0) is 27.4. The first-order valence-corrected chi connectivity index (χ1v) is 12.8. The number of amides is 1.